The molecular weight excluding hydrogens is 198 g/mol. The van der Waals surface area contributed by atoms with Crippen molar-refractivity contribution in [3.8, 4) is 0 Å². The summed E-state index contributed by atoms with van der Waals surface area (Å²) < 4.78 is 0. The molecule has 1 aliphatic heterocycles. The minimum absolute atomic E-state index is 0.382. The molecule has 1 rings (SSSR count). The first kappa shape index (κ1) is 18.0. The summed E-state index contributed by atoms with van der Waals surface area (Å²) in [7, 11) is 2.09. The lowest BCUT2D eigenvalue weighted by molar-refractivity contribution is 0.001000. The molecule has 1 N–H and O–H groups in total. The minimum Gasteiger partial charge on any atom is -0.390 e. The van der Waals surface area contributed by atoms with Gasteiger partial charge >= 0.3 is 0 Å². The lowest BCUT2D eigenvalue weighted by atomic mass is 9.94. The van der Waals surface area contributed by atoms with Gasteiger partial charge in [0, 0.05) is 13.1 Å². The second kappa shape index (κ2) is 9.86. The van der Waals surface area contributed by atoms with Gasteiger partial charge in [0.05, 0.1) is 5.60 Å². The average molecular weight is 229 g/mol. The summed E-state index contributed by atoms with van der Waals surface area (Å²) in [5.74, 6) is 0. The molecule has 2 heteroatoms. The van der Waals surface area contributed by atoms with E-state index in [-0.39, 0.29) is 5.60 Å². The third-order valence-corrected chi connectivity index (χ3v) is 2.64. The van der Waals surface area contributed by atoms with Crippen LogP contribution in [0.3, 0.4) is 0 Å². The summed E-state index contributed by atoms with van der Waals surface area (Å²) >= 11 is 0. The molecule has 1 saturated heterocycles. The van der Waals surface area contributed by atoms with Crippen LogP contribution < -0.4 is 0 Å². The Bertz CT molecular complexity index is 171. The highest BCUT2D eigenvalue weighted by Crippen LogP contribution is 2.19. The summed E-state index contributed by atoms with van der Waals surface area (Å²) in [6, 6.07) is 0. The van der Waals surface area contributed by atoms with E-state index in [1.54, 1.807) is 0 Å². The maximum Gasteiger partial charge on any atom is 0.0644 e. The van der Waals surface area contributed by atoms with E-state index in [1.807, 2.05) is 27.7 Å². The standard InChI is InChI=1S/C7H15NO.C5H10.C2H6/c1-7(9)3-5-8(2)6-4-7;1-4-5(2)3;1-2/h9H,3-6H2,1-2H3;4H,1-3H3;1-2H3. The van der Waals surface area contributed by atoms with E-state index in [2.05, 4.69) is 31.9 Å². The molecule has 0 aromatic rings. The second-order valence-corrected chi connectivity index (χ2v) is 4.67. The Labute approximate surface area is 102 Å². The van der Waals surface area contributed by atoms with Crippen LogP contribution in [0.1, 0.15) is 54.4 Å². The average Bonchev–Trinajstić information content (AvgIpc) is 2.26. The Kier molecular flexibility index (Phi) is 11.1. The first-order valence-electron chi connectivity index (χ1n) is 6.38. The quantitative estimate of drug-likeness (QED) is 0.643. The van der Waals surface area contributed by atoms with Crippen molar-refractivity contribution in [1.82, 2.24) is 4.90 Å². The Morgan fingerprint density at radius 1 is 1.19 bits per heavy atom. The SMILES string of the molecule is CC.CC=C(C)C.CN1CCC(C)(O)CC1. The summed E-state index contributed by atoms with van der Waals surface area (Å²) in [5, 5.41) is 9.47. The van der Waals surface area contributed by atoms with Gasteiger partial charge in [-0.05, 0) is 47.6 Å². The van der Waals surface area contributed by atoms with Crippen molar-refractivity contribution in [3.05, 3.63) is 11.6 Å². The largest absolute Gasteiger partial charge is 0.390 e. The summed E-state index contributed by atoms with van der Waals surface area (Å²) in [4.78, 5) is 2.25. The third kappa shape index (κ3) is 11.7. The normalized spacial score (nSPS) is 18.5. The van der Waals surface area contributed by atoms with Crippen LogP contribution in [0, 0.1) is 0 Å². The van der Waals surface area contributed by atoms with Gasteiger partial charge in [0.2, 0.25) is 0 Å². The maximum absolute atomic E-state index is 9.47. The minimum atomic E-state index is -0.382. The molecule has 2 nitrogen and oxygen atoms in total. The van der Waals surface area contributed by atoms with Crippen LogP contribution in [-0.2, 0) is 0 Å². The van der Waals surface area contributed by atoms with Crippen molar-refractivity contribution in [2.75, 3.05) is 20.1 Å². The van der Waals surface area contributed by atoms with E-state index in [9.17, 15) is 5.11 Å². The van der Waals surface area contributed by atoms with E-state index in [0.717, 1.165) is 25.9 Å². The smallest absolute Gasteiger partial charge is 0.0644 e. The Hall–Kier alpha value is -0.340. The van der Waals surface area contributed by atoms with E-state index in [4.69, 9.17) is 0 Å². The number of aliphatic hydroxyl groups is 1. The summed E-state index contributed by atoms with van der Waals surface area (Å²) in [5.41, 5.74) is 0.997. The second-order valence-electron chi connectivity index (χ2n) is 4.67. The van der Waals surface area contributed by atoms with Gasteiger partial charge in [-0.25, -0.2) is 0 Å². The van der Waals surface area contributed by atoms with Gasteiger partial charge < -0.3 is 10.0 Å². The van der Waals surface area contributed by atoms with E-state index in [0.29, 0.717) is 0 Å². The first-order valence-corrected chi connectivity index (χ1v) is 6.38. The van der Waals surface area contributed by atoms with Crippen LogP contribution in [0.2, 0.25) is 0 Å². The van der Waals surface area contributed by atoms with E-state index < -0.39 is 0 Å². The topological polar surface area (TPSA) is 23.5 Å². The molecule has 0 spiro atoms. The molecule has 0 aromatic heterocycles. The number of hydrogen-bond donors (Lipinski definition) is 1. The zero-order chi connectivity index (χ0) is 13.2. The number of allylic oxidation sites excluding steroid dienone is 2. The Balaban J connectivity index is 0. The molecule has 0 bridgehead atoms. The Morgan fingerprint density at radius 2 is 1.50 bits per heavy atom. The van der Waals surface area contributed by atoms with Gasteiger partial charge in [0.15, 0.2) is 0 Å². The van der Waals surface area contributed by atoms with E-state index >= 15 is 0 Å². The van der Waals surface area contributed by atoms with Gasteiger partial charge in [-0.3, -0.25) is 0 Å². The molecule has 1 aliphatic rings. The van der Waals surface area contributed by atoms with Gasteiger partial charge in [0.25, 0.3) is 0 Å². The van der Waals surface area contributed by atoms with Crippen molar-refractivity contribution in [2.45, 2.75) is 60.0 Å². The van der Waals surface area contributed by atoms with Gasteiger partial charge in [0.1, 0.15) is 0 Å². The number of likely N-dealkylation sites (tertiary alicyclic amines) is 1. The van der Waals surface area contributed by atoms with Crippen LogP contribution >= 0.6 is 0 Å². The number of nitrogens with zero attached hydrogens (tertiary/aromatic N) is 1. The predicted octanol–water partition coefficient (Wildman–Crippen LogP) is 3.46. The summed E-state index contributed by atoms with van der Waals surface area (Å²) in [6.45, 7) is 14.2. The van der Waals surface area contributed by atoms with Crippen LogP contribution in [0.15, 0.2) is 11.6 Å². The molecule has 16 heavy (non-hydrogen) atoms. The molecule has 0 unspecified atom stereocenters. The van der Waals surface area contributed by atoms with Gasteiger partial charge in [-0.15, -0.1) is 0 Å². The van der Waals surface area contributed by atoms with Crippen LogP contribution in [0.5, 0.6) is 0 Å². The van der Waals surface area contributed by atoms with E-state index in [1.165, 1.54) is 5.57 Å². The maximum atomic E-state index is 9.47. The number of piperidine rings is 1. The summed E-state index contributed by atoms with van der Waals surface area (Å²) in [6.07, 6.45) is 3.92. The molecule has 1 fully saturated rings. The fourth-order valence-electron chi connectivity index (χ4n) is 1.10. The predicted molar refractivity (Wildman–Crippen MR) is 73.8 cm³/mol. The lowest BCUT2D eigenvalue weighted by Crippen LogP contribution is -2.40. The van der Waals surface area contributed by atoms with Gasteiger partial charge in [-0.2, -0.15) is 0 Å². The molecule has 0 amide bonds. The molecule has 1 heterocycles. The fourth-order valence-corrected chi connectivity index (χ4v) is 1.10. The van der Waals surface area contributed by atoms with Crippen molar-refractivity contribution in [2.24, 2.45) is 0 Å². The molecule has 0 saturated carbocycles. The fraction of sp³-hybridized carbons (Fsp3) is 0.857. The molecule has 0 radical (unpaired) electrons. The van der Waals surface area contributed by atoms with Crippen molar-refractivity contribution in [1.29, 1.82) is 0 Å². The van der Waals surface area contributed by atoms with Gasteiger partial charge in [-0.1, -0.05) is 25.5 Å². The van der Waals surface area contributed by atoms with Crippen LogP contribution in [-0.4, -0.2) is 35.7 Å². The molecular formula is C14H31NO. The Morgan fingerprint density at radius 3 is 1.69 bits per heavy atom. The molecule has 0 aromatic carbocycles. The van der Waals surface area contributed by atoms with Crippen LogP contribution in [0.25, 0.3) is 0 Å². The monoisotopic (exact) mass is 229 g/mol. The van der Waals surface area contributed by atoms with Crippen molar-refractivity contribution in [3.63, 3.8) is 0 Å². The first-order chi connectivity index (χ1) is 7.37. The zero-order valence-electron chi connectivity index (χ0n) is 12.3. The third-order valence-electron chi connectivity index (χ3n) is 2.64. The lowest BCUT2D eigenvalue weighted by Gasteiger charge is -2.33. The molecule has 0 aliphatic carbocycles. The number of hydrogen-bond acceptors (Lipinski definition) is 2. The highest BCUT2D eigenvalue weighted by molar-refractivity contribution is 4.88. The molecule has 98 valence electrons. The highest BCUT2D eigenvalue weighted by atomic mass is 16.3. The molecule has 0 atom stereocenters. The van der Waals surface area contributed by atoms with Crippen molar-refractivity contribution >= 4 is 0 Å². The zero-order valence-corrected chi connectivity index (χ0v) is 12.3. The van der Waals surface area contributed by atoms with Crippen molar-refractivity contribution < 1.29 is 5.11 Å². The highest BCUT2D eigenvalue weighted by Gasteiger charge is 2.24. The van der Waals surface area contributed by atoms with Crippen LogP contribution in [0.4, 0.5) is 0 Å². The number of rotatable bonds is 0.